The van der Waals surface area contributed by atoms with E-state index in [1.54, 1.807) is 16.7 Å². The third kappa shape index (κ3) is 2.91. The van der Waals surface area contributed by atoms with E-state index in [0.29, 0.717) is 23.3 Å². The van der Waals surface area contributed by atoms with E-state index < -0.39 is 0 Å². The van der Waals surface area contributed by atoms with Gasteiger partial charge in [-0.2, -0.15) is 0 Å². The van der Waals surface area contributed by atoms with Crippen molar-refractivity contribution in [2.75, 3.05) is 26.3 Å². The van der Waals surface area contributed by atoms with Crippen molar-refractivity contribution < 1.29 is 9.47 Å². The highest BCUT2D eigenvalue weighted by Gasteiger charge is 2.66. The summed E-state index contributed by atoms with van der Waals surface area (Å²) in [6.45, 7) is 7.08. The Hall–Kier alpha value is -1.94. The van der Waals surface area contributed by atoms with E-state index in [4.69, 9.17) is 9.47 Å². The van der Waals surface area contributed by atoms with Gasteiger partial charge in [-0.05, 0) is 109 Å². The first kappa shape index (κ1) is 22.8. The SMILES string of the molecule is C[C@]12CC=C3C=C4CC[C@@H](N5CCC6(COC6)C5)C[C@]45CCC3(O5)[C@@H]1CCC2c1ccc2ccccc2c1. The zero-order valence-corrected chi connectivity index (χ0v) is 22.9. The average molecular weight is 508 g/mol. The van der Waals surface area contributed by atoms with Crippen molar-refractivity contribution in [3.8, 4) is 0 Å². The molecule has 6 atom stereocenters. The summed E-state index contributed by atoms with van der Waals surface area (Å²) in [4.78, 5) is 2.82. The number of likely N-dealkylation sites (tertiary alicyclic amines) is 1. The molecule has 38 heavy (non-hydrogen) atoms. The van der Waals surface area contributed by atoms with E-state index >= 15 is 0 Å². The van der Waals surface area contributed by atoms with E-state index in [2.05, 4.69) is 66.4 Å². The van der Waals surface area contributed by atoms with Crippen LogP contribution in [0.25, 0.3) is 10.8 Å². The molecular formula is C35H41NO2. The van der Waals surface area contributed by atoms with Crippen LogP contribution in [-0.4, -0.2) is 48.4 Å². The zero-order valence-electron chi connectivity index (χ0n) is 22.9. The lowest BCUT2D eigenvalue weighted by molar-refractivity contribution is -0.142. The van der Waals surface area contributed by atoms with E-state index in [-0.39, 0.29) is 16.6 Å². The zero-order chi connectivity index (χ0) is 25.2. The Morgan fingerprint density at radius 1 is 0.947 bits per heavy atom. The van der Waals surface area contributed by atoms with Gasteiger partial charge in [-0.1, -0.05) is 61.5 Å². The summed E-state index contributed by atoms with van der Waals surface area (Å²) in [6, 6.07) is 16.8. The van der Waals surface area contributed by atoms with Crippen molar-refractivity contribution in [1.82, 2.24) is 4.90 Å². The smallest absolute Gasteiger partial charge is 0.0974 e. The number of ether oxygens (including phenoxy) is 2. The Kier molecular flexibility index (Phi) is 4.58. The van der Waals surface area contributed by atoms with Crippen molar-refractivity contribution in [3.63, 3.8) is 0 Å². The highest BCUT2D eigenvalue weighted by atomic mass is 16.5. The van der Waals surface area contributed by atoms with Gasteiger partial charge in [0, 0.05) is 18.0 Å². The third-order valence-electron chi connectivity index (χ3n) is 12.6. The predicted octanol–water partition coefficient (Wildman–Crippen LogP) is 7.17. The highest BCUT2D eigenvalue weighted by Crippen LogP contribution is 2.69. The van der Waals surface area contributed by atoms with Gasteiger partial charge in [0.15, 0.2) is 0 Å². The van der Waals surface area contributed by atoms with Crippen LogP contribution in [0.5, 0.6) is 0 Å². The average Bonchev–Trinajstić information content (AvgIpc) is 3.61. The number of fused-ring (bicyclic) bond motifs is 2. The topological polar surface area (TPSA) is 21.7 Å². The van der Waals surface area contributed by atoms with Gasteiger partial charge < -0.3 is 9.47 Å². The summed E-state index contributed by atoms with van der Waals surface area (Å²) >= 11 is 0. The third-order valence-corrected chi connectivity index (χ3v) is 12.6. The van der Waals surface area contributed by atoms with Gasteiger partial charge in [-0.15, -0.1) is 0 Å². The van der Waals surface area contributed by atoms with Crippen molar-refractivity contribution in [3.05, 3.63) is 71.3 Å². The standard InChI is InChI=1S/C35H41NO2/c1-32-13-12-28-19-27-8-9-29(36-17-16-33(21-36)22-37-23-33)20-34(27)14-15-35(28,38-34)31(32)11-10-30(32)26-7-6-24-4-2-3-5-25(24)18-26/h2-7,12,18-19,29-31H,8-11,13-17,20-23H2,1H3/t29-,30?,31-,32-,34-,35?/m1/s1. The Bertz CT molecular complexity index is 1390. The fourth-order valence-electron chi connectivity index (χ4n) is 10.6. The number of hydrogen-bond acceptors (Lipinski definition) is 3. The molecule has 3 aliphatic carbocycles. The first-order chi connectivity index (χ1) is 18.5. The number of allylic oxidation sites excluding steroid dienone is 1. The molecule has 2 aromatic rings. The number of rotatable bonds is 2. The molecule has 9 rings (SSSR count). The van der Waals surface area contributed by atoms with Crippen LogP contribution < -0.4 is 0 Å². The van der Waals surface area contributed by atoms with Gasteiger partial charge in [0.25, 0.3) is 0 Å². The fourth-order valence-corrected chi connectivity index (χ4v) is 10.6. The minimum atomic E-state index is -0.0575. The number of nitrogens with zero attached hydrogens (tertiary/aromatic N) is 1. The van der Waals surface area contributed by atoms with Gasteiger partial charge in [0.05, 0.1) is 24.4 Å². The van der Waals surface area contributed by atoms with Gasteiger partial charge in [-0.3, -0.25) is 4.90 Å². The molecule has 3 nitrogen and oxygen atoms in total. The number of benzene rings is 2. The van der Waals surface area contributed by atoms with Gasteiger partial charge in [0.2, 0.25) is 0 Å². The van der Waals surface area contributed by atoms with Gasteiger partial charge in [-0.25, -0.2) is 0 Å². The van der Waals surface area contributed by atoms with Crippen molar-refractivity contribution >= 4 is 10.8 Å². The van der Waals surface area contributed by atoms with Crippen LogP contribution in [0.15, 0.2) is 65.8 Å². The van der Waals surface area contributed by atoms with Crippen molar-refractivity contribution in [2.24, 2.45) is 16.7 Å². The summed E-state index contributed by atoms with van der Waals surface area (Å²) in [7, 11) is 0. The maximum atomic E-state index is 7.61. The molecule has 2 saturated carbocycles. The molecule has 0 amide bonds. The lowest BCUT2D eigenvalue weighted by atomic mass is 9.58. The minimum absolute atomic E-state index is 0.00852. The molecule has 0 aromatic heterocycles. The molecular weight excluding hydrogens is 466 g/mol. The van der Waals surface area contributed by atoms with Crippen LogP contribution in [0.4, 0.5) is 0 Å². The van der Waals surface area contributed by atoms with Crippen LogP contribution in [0.2, 0.25) is 0 Å². The molecule has 0 radical (unpaired) electrons. The molecule has 198 valence electrons. The molecule has 4 aliphatic heterocycles. The molecule has 3 spiro atoms. The summed E-state index contributed by atoms with van der Waals surface area (Å²) in [5.41, 5.74) is 5.39. The predicted molar refractivity (Wildman–Crippen MR) is 151 cm³/mol. The van der Waals surface area contributed by atoms with Crippen LogP contribution in [-0.2, 0) is 9.47 Å². The Labute approximate surface area is 227 Å². The molecule has 5 fully saturated rings. The molecule has 4 heterocycles. The molecule has 3 saturated heterocycles. The van der Waals surface area contributed by atoms with E-state index in [9.17, 15) is 0 Å². The molecule has 7 aliphatic rings. The molecule has 0 N–H and O–H groups in total. The lowest BCUT2D eigenvalue weighted by Crippen LogP contribution is -2.55. The molecule has 3 heteroatoms. The van der Waals surface area contributed by atoms with E-state index in [1.165, 1.54) is 81.6 Å². The second-order valence-electron chi connectivity index (χ2n) is 14.4. The highest BCUT2D eigenvalue weighted by molar-refractivity contribution is 5.83. The first-order valence-electron chi connectivity index (χ1n) is 15.4. The lowest BCUT2D eigenvalue weighted by Gasteiger charge is -2.55. The van der Waals surface area contributed by atoms with Crippen molar-refractivity contribution in [1.29, 1.82) is 0 Å². The molecule has 2 bridgehead atoms. The maximum absolute atomic E-state index is 7.61. The summed E-state index contributed by atoms with van der Waals surface area (Å²) in [6.07, 6.45) is 16.5. The summed E-state index contributed by atoms with van der Waals surface area (Å²) in [5.74, 6) is 1.23. The largest absolute Gasteiger partial charge is 0.380 e. The summed E-state index contributed by atoms with van der Waals surface area (Å²) < 4.78 is 13.2. The molecule has 2 aromatic carbocycles. The monoisotopic (exact) mass is 507 g/mol. The van der Waals surface area contributed by atoms with Crippen LogP contribution in [0, 0.1) is 16.7 Å². The Morgan fingerprint density at radius 3 is 2.68 bits per heavy atom. The van der Waals surface area contributed by atoms with Crippen molar-refractivity contribution in [2.45, 2.75) is 87.9 Å². The summed E-state index contributed by atoms with van der Waals surface area (Å²) in [5, 5.41) is 2.74. The second-order valence-corrected chi connectivity index (χ2v) is 14.4. The Balaban J connectivity index is 1.03. The number of hydrogen-bond donors (Lipinski definition) is 0. The quantitative estimate of drug-likeness (QED) is 0.430. The van der Waals surface area contributed by atoms with E-state index in [0.717, 1.165) is 13.2 Å². The fraction of sp³-hybridized carbons (Fsp3) is 0.600. The van der Waals surface area contributed by atoms with Crippen LogP contribution >= 0.6 is 0 Å². The van der Waals surface area contributed by atoms with Gasteiger partial charge >= 0.3 is 0 Å². The van der Waals surface area contributed by atoms with Crippen LogP contribution in [0.1, 0.15) is 76.2 Å². The first-order valence-corrected chi connectivity index (χ1v) is 15.4. The normalized spacial score (nSPS) is 42.8. The van der Waals surface area contributed by atoms with Gasteiger partial charge in [0.1, 0.15) is 0 Å². The minimum Gasteiger partial charge on any atom is -0.380 e. The van der Waals surface area contributed by atoms with E-state index in [1.807, 2.05) is 0 Å². The van der Waals surface area contributed by atoms with Crippen LogP contribution in [0.3, 0.4) is 0 Å². The Morgan fingerprint density at radius 2 is 1.84 bits per heavy atom. The molecule has 2 unspecified atom stereocenters. The maximum Gasteiger partial charge on any atom is 0.0974 e. The second kappa shape index (κ2) is 7.62.